The van der Waals surface area contributed by atoms with Crippen LogP contribution in [0.3, 0.4) is 0 Å². The monoisotopic (exact) mass is 488 g/mol. The molecule has 0 saturated carbocycles. The number of carbonyl (C=O) groups excluding carboxylic acids is 1. The molecule has 7 nitrogen and oxygen atoms in total. The zero-order chi connectivity index (χ0) is 25.3. The van der Waals surface area contributed by atoms with Crippen LogP contribution in [0.5, 0.6) is 5.75 Å². The molecule has 2 aromatic carbocycles. The van der Waals surface area contributed by atoms with Crippen molar-refractivity contribution in [3.05, 3.63) is 76.6 Å². The number of nitrogens with one attached hydrogen (secondary N) is 1. The molecule has 2 aromatic heterocycles. The van der Waals surface area contributed by atoms with Gasteiger partial charge >= 0.3 is 6.18 Å². The molecule has 0 atom stereocenters. The van der Waals surface area contributed by atoms with Gasteiger partial charge in [-0.05, 0) is 54.4 Å². The number of amides is 1. The van der Waals surface area contributed by atoms with Crippen molar-refractivity contribution in [2.45, 2.75) is 26.2 Å². The van der Waals surface area contributed by atoms with Gasteiger partial charge in [0.1, 0.15) is 22.8 Å². The van der Waals surface area contributed by atoms with Gasteiger partial charge in [0.25, 0.3) is 5.91 Å². The molecule has 0 bridgehead atoms. The molecule has 1 amide bonds. The molecule has 182 valence electrons. The molecule has 0 radical (unpaired) electrons. The Balaban J connectivity index is 1.70. The number of rotatable bonds is 6. The molecule has 4 rings (SSSR count). The average molecular weight is 488 g/mol. The second-order valence-electron chi connectivity index (χ2n) is 7.65. The molecular formula is C24H20F4N4O3. The Bertz CT molecular complexity index is 1420. The summed E-state index contributed by atoms with van der Waals surface area (Å²) in [5.41, 5.74) is 6.25. The smallest absolute Gasteiger partial charge is 0.433 e. The van der Waals surface area contributed by atoms with Crippen molar-refractivity contribution in [1.82, 2.24) is 15.3 Å². The van der Waals surface area contributed by atoms with Gasteiger partial charge in [-0.25, -0.2) is 14.4 Å². The number of nitrogens with zero attached hydrogens (tertiary/aromatic N) is 2. The van der Waals surface area contributed by atoms with E-state index in [-0.39, 0.29) is 52.9 Å². The van der Waals surface area contributed by atoms with E-state index in [1.54, 1.807) is 19.1 Å². The van der Waals surface area contributed by atoms with Crippen LogP contribution < -0.4 is 15.8 Å². The fraction of sp³-hybridized carbons (Fsp3) is 0.208. The number of nitrogens with two attached hydrogens (primary N) is 1. The van der Waals surface area contributed by atoms with E-state index >= 15 is 0 Å². The first kappa shape index (κ1) is 24.1. The van der Waals surface area contributed by atoms with E-state index in [0.29, 0.717) is 16.7 Å². The van der Waals surface area contributed by atoms with Crippen LogP contribution in [0.1, 0.15) is 33.1 Å². The van der Waals surface area contributed by atoms with Crippen LogP contribution in [0, 0.1) is 12.7 Å². The summed E-state index contributed by atoms with van der Waals surface area (Å²) >= 11 is 0. The summed E-state index contributed by atoms with van der Waals surface area (Å²) in [6.07, 6.45) is -4.64. The first-order valence-corrected chi connectivity index (χ1v) is 10.4. The molecule has 3 N–H and O–H groups in total. The van der Waals surface area contributed by atoms with Crippen molar-refractivity contribution in [2.24, 2.45) is 5.73 Å². The lowest BCUT2D eigenvalue weighted by molar-refractivity contribution is -0.140. The Kier molecular flexibility index (Phi) is 6.44. The van der Waals surface area contributed by atoms with Crippen LogP contribution in [-0.2, 0) is 19.3 Å². The average Bonchev–Trinajstić information content (AvgIpc) is 3.26. The van der Waals surface area contributed by atoms with Crippen LogP contribution >= 0.6 is 0 Å². The summed E-state index contributed by atoms with van der Waals surface area (Å²) in [4.78, 5) is 20.8. The largest absolute Gasteiger partial charge is 0.494 e. The number of ether oxygens (including phenoxy) is 1. The highest BCUT2D eigenvalue weighted by Crippen LogP contribution is 2.36. The number of methoxy groups -OCH3 is 1. The topological polar surface area (TPSA) is 103 Å². The number of hydrogen-bond acceptors (Lipinski definition) is 6. The lowest BCUT2D eigenvalue weighted by Gasteiger charge is -2.11. The maximum absolute atomic E-state index is 13.3. The minimum atomic E-state index is -4.64. The normalized spacial score (nSPS) is 11.6. The number of pyridine rings is 1. The van der Waals surface area contributed by atoms with Gasteiger partial charge in [-0.1, -0.05) is 6.07 Å². The first-order valence-electron chi connectivity index (χ1n) is 10.4. The number of benzene rings is 2. The standard InChI is InChI=1S/C24H20F4N4O3/c1-12-9-14(25)4-3-13(12)11-30-22(33)21-18(10-29)35-23(32-21)16-5-7-17(34-2)20-15(16)6-8-19(31-20)24(26,27)28/h3-9H,10-11,29H2,1-2H3,(H,30,33). The SMILES string of the molecule is COc1ccc(-c2nc(C(=O)NCc3ccc(F)cc3C)c(CN)o2)c2ccc(C(F)(F)F)nc12. The van der Waals surface area contributed by atoms with Gasteiger partial charge in [0.05, 0.1) is 13.7 Å². The van der Waals surface area contributed by atoms with Crippen molar-refractivity contribution in [1.29, 1.82) is 0 Å². The molecule has 0 saturated heterocycles. The van der Waals surface area contributed by atoms with E-state index in [1.807, 2.05) is 0 Å². The van der Waals surface area contributed by atoms with E-state index in [4.69, 9.17) is 14.9 Å². The Morgan fingerprint density at radius 1 is 1.14 bits per heavy atom. The van der Waals surface area contributed by atoms with Crippen molar-refractivity contribution in [2.75, 3.05) is 7.11 Å². The molecule has 11 heteroatoms. The zero-order valence-electron chi connectivity index (χ0n) is 18.7. The lowest BCUT2D eigenvalue weighted by atomic mass is 10.1. The van der Waals surface area contributed by atoms with Crippen LogP contribution in [-0.4, -0.2) is 23.0 Å². The number of hydrogen-bond donors (Lipinski definition) is 2. The highest BCUT2D eigenvalue weighted by molar-refractivity contribution is 5.98. The molecule has 0 aliphatic rings. The third kappa shape index (κ3) is 4.80. The quantitative estimate of drug-likeness (QED) is 0.380. The van der Waals surface area contributed by atoms with Crippen molar-refractivity contribution < 1.29 is 31.5 Å². The van der Waals surface area contributed by atoms with Crippen LogP contribution in [0.25, 0.3) is 22.4 Å². The van der Waals surface area contributed by atoms with Gasteiger partial charge < -0.3 is 20.2 Å². The molecular weight excluding hydrogens is 468 g/mol. The predicted octanol–water partition coefficient (Wildman–Crippen LogP) is 4.75. The summed E-state index contributed by atoms with van der Waals surface area (Å²) in [6, 6.07) is 9.28. The maximum atomic E-state index is 13.3. The molecule has 4 aromatic rings. The number of carbonyl (C=O) groups is 1. The fourth-order valence-electron chi connectivity index (χ4n) is 3.60. The van der Waals surface area contributed by atoms with Crippen LogP contribution in [0.2, 0.25) is 0 Å². The van der Waals surface area contributed by atoms with E-state index in [9.17, 15) is 22.4 Å². The summed E-state index contributed by atoms with van der Waals surface area (Å²) < 4.78 is 63.8. The number of fused-ring (bicyclic) bond motifs is 1. The third-order valence-corrected chi connectivity index (χ3v) is 5.40. The van der Waals surface area contributed by atoms with E-state index in [1.165, 1.54) is 31.4 Å². The molecule has 0 aliphatic heterocycles. The van der Waals surface area contributed by atoms with Gasteiger partial charge in [0.2, 0.25) is 5.89 Å². The van der Waals surface area contributed by atoms with Crippen molar-refractivity contribution in [3.8, 4) is 17.2 Å². The van der Waals surface area contributed by atoms with Gasteiger partial charge in [-0.2, -0.15) is 13.2 Å². The second kappa shape index (κ2) is 9.34. The Morgan fingerprint density at radius 2 is 1.91 bits per heavy atom. The predicted molar refractivity (Wildman–Crippen MR) is 119 cm³/mol. The molecule has 0 aliphatic carbocycles. The lowest BCUT2D eigenvalue weighted by Crippen LogP contribution is -2.25. The Hall–Kier alpha value is -3.99. The minimum Gasteiger partial charge on any atom is -0.494 e. The fourth-order valence-corrected chi connectivity index (χ4v) is 3.60. The summed E-state index contributed by atoms with van der Waals surface area (Å²) in [5.74, 6) is -0.736. The summed E-state index contributed by atoms with van der Waals surface area (Å²) in [7, 11) is 1.32. The summed E-state index contributed by atoms with van der Waals surface area (Å²) in [6.45, 7) is 1.69. The van der Waals surface area contributed by atoms with E-state index in [0.717, 1.165) is 6.07 Å². The first-order chi connectivity index (χ1) is 16.6. The second-order valence-corrected chi connectivity index (χ2v) is 7.65. The zero-order valence-corrected chi connectivity index (χ0v) is 18.7. The van der Waals surface area contributed by atoms with Crippen molar-refractivity contribution in [3.63, 3.8) is 0 Å². The van der Waals surface area contributed by atoms with Gasteiger partial charge in [-0.3, -0.25) is 4.79 Å². The molecule has 35 heavy (non-hydrogen) atoms. The molecule has 0 unspecified atom stereocenters. The van der Waals surface area contributed by atoms with Crippen LogP contribution in [0.4, 0.5) is 17.6 Å². The third-order valence-electron chi connectivity index (χ3n) is 5.40. The van der Waals surface area contributed by atoms with Gasteiger partial charge in [-0.15, -0.1) is 0 Å². The number of oxazole rings is 1. The highest BCUT2D eigenvalue weighted by Gasteiger charge is 2.33. The van der Waals surface area contributed by atoms with Gasteiger partial charge in [0, 0.05) is 17.5 Å². The van der Waals surface area contributed by atoms with E-state index < -0.39 is 17.8 Å². The highest BCUT2D eigenvalue weighted by atomic mass is 19.4. The molecule has 2 heterocycles. The van der Waals surface area contributed by atoms with Crippen LogP contribution in [0.15, 0.2) is 46.9 Å². The van der Waals surface area contributed by atoms with Gasteiger partial charge in [0.15, 0.2) is 11.5 Å². The minimum absolute atomic E-state index is 0.0113. The van der Waals surface area contributed by atoms with Crippen molar-refractivity contribution >= 4 is 16.8 Å². The number of halogens is 4. The Labute approximate surface area is 196 Å². The number of aryl methyl sites for hydroxylation is 1. The molecule has 0 spiro atoms. The maximum Gasteiger partial charge on any atom is 0.433 e. The molecule has 0 fully saturated rings. The summed E-state index contributed by atoms with van der Waals surface area (Å²) in [5, 5.41) is 2.99. The van der Waals surface area contributed by atoms with E-state index in [2.05, 4.69) is 15.3 Å². The Morgan fingerprint density at radius 3 is 2.57 bits per heavy atom. The number of aromatic nitrogens is 2. The number of alkyl halides is 3.